The smallest absolute Gasteiger partial charge is 0.215 e. The van der Waals surface area contributed by atoms with Gasteiger partial charge in [-0.15, -0.1) is 0 Å². The van der Waals surface area contributed by atoms with Gasteiger partial charge in [-0.1, -0.05) is 0 Å². The van der Waals surface area contributed by atoms with E-state index < -0.39 is 10.0 Å². The van der Waals surface area contributed by atoms with Crippen molar-refractivity contribution in [1.29, 1.82) is 0 Å². The van der Waals surface area contributed by atoms with E-state index in [2.05, 4.69) is 10.2 Å². The van der Waals surface area contributed by atoms with Crippen LogP contribution in [-0.2, 0) is 10.0 Å². The Morgan fingerprint density at radius 2 is 1.89 bits per heavy atom. The Hall–Kier alpha value is -0.170. The topological polar surface area (TPSA) is 52.7 Å². The third-order valence-corrected chi connectivity index (χ3v) is 5.93. The summed E-state index contributed by atoms with van der Waals surface area (Å²) in [4.78, 5) is 2.24. The average Bonchev–Trinajstić information content (AvgIpc) is 3.18. The maximum Gasteiger partial charge on any atom is 0.215 e. The molecule has 19 heavy (non-hydrogen) atoms. The van der Waals surface area contributed by atoms with Crippen molar-refractivity contribution in [2.45, 2.75) is 32.7 Å². The van der Waals surface area contributed by atoms with Crippen molar-refractivity contribution in [2.75, 3.05) is 45.0 Å². The minimum Gasteiger partial charge on any atom is -0.314 e. The zero-order chi connectivity index (χ0) is 13.9. The molecule has 2 fully saturated rings. The maximum atomic E-state index is 12.5. The lowest BCUT2D eigenvalue weighted by Crippen LogP contribution is -2.47. The largest absolute Gasteiger partial charge is 0.314 e. The Morgan fingerprint density at radius 3 is 2.42 bits per heavy atom. The quantitative estimate of drug-likeness (QED) is 0.734. The highest BCUT2D eigenvalue weighted by Gasteiger charge is 2.32. The monoisotopic (exact) mass is 289 g/mol. The summed E-state index contributed by atoms with van der Waals surface area (Å²) < 4.78 is 26.6. The highest BCUT2D eigenvalue weighted by atomic mass is 32.2. The van der Waals surface area contributed by atoms with Gasteiger partial charge in [-0.2, -0.15) is 4.31 Å². The van der Waals surface area contributed by atoms with Crippen LogP contribution in [0.5, 0.6) is 0 Å². The number of hydrogen-bond donors (Lipinski definition) is 1. The predicted octanol–water partition coefficient (Wildman–Crippen LogP) is 0.342. The van der Waals surface area contributed by atoms with Gasteiger partial charge in [-0.05, 0) is 32.6 Å². The van der Waals surface area contributed by atoms with Crippen LogP contribution in [0.4, 0.5) is 0 Å². The molecule has 2 aliphatic rings. The van der Waals surface area contributed by atoms with Gasteiger partial charge >= 0.3 is 0 Å². The number of hydrogen-bond acceptors (Lipinski definition) is 4. The second-order valence-corrected chi connectivity index (χ2v) is 8.06. The van der Waals surface area contributed by atoms with Crippen molar-refractivity contribution in [3.63, 3.8) is 0 Å². The van der Waals surface area contributed by atoms with Gasteiger partial charge in [0, 0.05) is 45.3 Å². The lowest BCUT2D eigenvalue weighted by molar-refractivity contribution is 0.251. The summed E-state index contributed by atoms with van der Waals surface area (Å²) in [6.07, 6.45) is 2.38. The lowest BCUT2D eigenvalue weighted by Gasteiger charge is -2.30. The van der Waals surface area contributed by atoms with E-state index in [1.807, 2.05) is 13.8 Å². The van der Waals surface area contributed by atoms with Crippen LogP contribution in [0, 0.1) is 5.92 Å². The number of nitrogens with zero attached hydrogens (tertiary/aromatic N) is 2. The Bertz CT molecular complexity index is 373. The summed E-state index contributed by atoms with van der Waals surface area (Å²) in [5, 5.41) is 3.29. The molecule has 5 nitrogen and oxygen atoms in total. The van der Waals surface area contributed by atoms with Crippen molar-refractivity contribution in [2.24, 2.45) is 5.92 Å². The summed E-state index contributed by atoms with van der Waals surface area (Å²) in [6.45, 7) is 9.20. The molecule has 112 valence electrons. The van der Waals surface area contributed by atoms with Crippen LogP contribution >= 0.6 is 0 Å². The van der Waals surface area contributed by atoms with Crippen LogP contribution in [0.15, 0.2) is 0 Å². The third-order valence-electron chi connectivity index (χ3n) is 3.94. The van der Waals surface area contributed by atoms with E-state index in [1.165, 1.54) is 12.8 Å². The Morgan fingerprint density at radius 1 is 1.26 bits per heavy atom. The molecular formula is C13H27N3O2S. The van der Waals surface area contributed by atoms with Crippen molar-refractivity contribution in [1.82, 2.24) is 14.5 Å². The van der Waals surface area contributed by atoms with Crippen LogP contribution in [0.25, 0.3) is 0 Å². The standard InChI is InChI=1S/C13H27N3O2S/c1-12(2)16(11-13-3-4-13)19(17,18)10-9-15-7-5-14-6-8-15/h12-14H,3-11H2,1-2H3. The summed E-state index contributed by atoms with van der Waals surface area (Å²) in [5.74, 6) is 0.870. The molecule has 0 unspecified atom stereocenters. The lowest BCUT2D eigenvalue weighted by atomic mass is 10.3. The highest BCUT2D eigenvalue weighted by molar-refractivity contribution is 7.89. The van der Waals surface area contributed by atoms with E-state index in [-0.39, 0.29) is 11.8 Å². The fourth-order valence-electron chi connectivity index (χ4n) is 2.50. The van der Waals surface area contributed by atoms with E-state index in [9.17, 15) is 8.42 Å². The summed E-state index contributed by atoms with van der Waals surface area (Å²) in [7, 11) is -3.10. The number of piperazine rings is 1. The van der Waals surface area contributed by atoms with Crippen molar-refractivity contribution < 1.29 is 8.42 Å². The Balaban J connectivity index is 1.86. The van der Waals surface area contributed by atoms with Gasteiger partial charge in [-0.25, -0.2) is 8.42 Å². The predicted molar refractivity (Wildman–Crippen MR) is 77.7 cm³/mol. The molecule has 1 N–H and O–H groups in total. The van der Waals surface area contributed by atoms with Gasteiger partial charge in [0.2, 0.25) is 10.0 Å². The SMILES string of the molecule is CC(C)N(CC1CC1)S(=O)(=O)CCN1CCNCC1. The van der Waals surface area contributed by atoms with Crippen LogP contribution < -0.4 is 5.32 Å². The van der Waals surface area contributed by atoms with Crippen molar-refractivity contribution >= 4 is 10.0 Å². The fraction of sp³-hybridized carbons (Fsp3) is 1.00. The molecule has 1 saturated carbocycles. The maximum absolute atomic E-state index is 12.5. The normalized spacial score (nSPS) is 22.3. The number of sulfonamides is 1. The van der Waals surface area contributed by atoms with E-state index in [0.717, 1.165) is 32.7 Å². The molecule has 0 radical (unpaired) electrons. The van der Waals surface area contributed by atoms with Crippen LogP contribution in [0.1, 0.15) is 26.7 Å². The van der Waals surface area contributed by atoms with Crippen LogP contribution in [0.3, 0.4) is 0 Å². The second-order valence-electron chi connectivity index (χ2n) is 6.01. The summed E-state index contributed by atoms with van der Waals surface area (Å²) in [6, 6.07) is 0.0774. The van der Waals surface area contributed by atoms with Crippen LogP contribution in [-0.4, -0.2) is 68.7 Å². The fourth-order valence-corrected chi connectivity index (χ4v) is 4.30. The molecule has 0 bridgehead atoms. The van der Waals surface area contributed by atoms with Crippen molar-refractivity contribution in [3.8, 4) is 0 Å². The zero-order valence-electron chi connectivity index (χ0n) is 12.1. The molecule has 6 heteroatoms. The molecule has 0 spiro atoms. The van der Waals surface area contributed by atoms with Crippen molar-refractivity contribution in [3.05, 3.63) is 0 Å². The second kappa shape index (κ2) is 6.52. The molecule has 2 rings (SSSR count). The first-order valence-corrected chi connectivity index (χ1v) is 9.02. The first-order chi connectivity index (χ1) is 8.99. The number of rotatable bonds is 7. The molecule has 0 aromatic rings. The average molecular weight is 289 g/mol. The first kappa shape index (κ1) is 15.2. The molecule has 1 saturated heterocycles. The Kier molecular flexibility index (Phi) is 5.22. The summed E-state index contributed by atoms with van der Waals surface area (Å²) >= 11 is 0. The highest BCUT2D eigenvalue weighted by Crippen LogP contribution is 2.31. The third kappa shape index (κ3) is 4.70. The minimum absolute atomic E-state index is 0.0774. The molecule has 1 aliphatic carbocycles. The van der Waals surface area contributed by atoms with Gasteiger partial charge in [0.25, 0.3) is 0 Å². The van der Waals surface area contributed by atoms with E-state index in [1.54, 1.807) is 4.31 Å². The van der Waals surface area contributed by atoms with Gasteiger partial charge in [0.1, 0.15) is 0 Å². The van der Waals surface area contributed by atoms with E-state index in [4.69, 9.17) is 0 Å². The molecule has 1 heterocycles. The summed E-state index contributed by atoms with van der Waals surface area (Å²) in [5.41, 5.74) is 0. The molecule has 0 aromatic heterocycles. The van der Waals surface area contributed by atoms with Gasteiger partial charge < -0.3 is 5.32 Å². The minimum atomic E-state index is -3.10. The molecular weight excluding hydrogens is 262 g/mol. The Labute approximate surface area is 117 Å². The molecule has 1 aliphatic heterocycles. The van der Waals surface area contributed by atoms with Gasteiger partial charge in [0.05, 0.1) is 5.75 Å². The number of nitrogens with one attached hydrogen (secondary N) is 1. The van der Waals surface area contributed by atoms with Crippen LogP contribution in [0.2, 0.25) is 0 Å². The molecule has 0 aromatic carbocycles. The van der Waals surface area contributed by atoms with Gasteiger partial charge in [0.15, 0.2) is 0 Å². The van der Waals surface area contributed by atoms with E-state index in [0.29, 0.717) is 12.5 Å². The van der Waals surface area contributed by atoms with E-state index >= 15 is 0 Å². The molecule has 0 atom stereocenters. The zero-order valence-corrected chi connectivity index (χ0v) is 13.0. The van der Waals surface area contributed by atoms with Gasteiger partial charge in [-0.3, -0.25) is 4.90 Å². The first-order valence-electron chi connectivity index (χ1n) is 7.41. The molecule has 0 amide bonds.